The van der Waals surface area contributed by atoms with E-state index in [0.29, 0.717) is 0 Å². The molecule has 0 amide bonds. The lowest BCUT2D eigenvalue weighted by Gasteiger charge is -2.09. The van der Waals surface area contributed by atoms with Crippen LogP contribution < -0.4 is 9.47 Å². The van der Waals surface area contributed by atoms with E-state index in [0.717, 1.165) is 42.9 Å². The van der Waals surface area contributed by atoms with Gasteiger partial charge >= 0.3 is 0 Å². The van der Waals surface area contributed by atoms with Crippen molar-refractivity contribution >= 4 is 15.9 Å². The third-order valence-electron chi connectivity index (χ3n) is 6.11. The summed E-state index contributed by atoms with van der Waals surface area (Å²) in [4.78, 5) is 0. The van der Waals surface area contributed by atoms with Crippen LogP contribution in [0.2, 0.25) is 0 Å². The van der Waals surface area contributed by atoms with Gasteiger partial charge in [0.05, 0.1) is 13.2 Å². The molecule has 0 aromatic heterocycles. The third-order valence-corrected chi connectivity index (χ3v) is 6.67. The van der Waals surface area contributed by atoms with Gasteiger partial charge in [-0.15, -0.1) is 0 Å². The largest absolute Gasteiger partial charge is 0.494 e. The first-order valence-corrected chi connectivity index (χ1v) is 14.5. The normalized spacial score (nSPS) is 11.0. The van der Waals surface area contributed by atoms with E-state index in [2.05, 4.69) is 71.4 Å². The van der Waals surface area contributed by atoms with E-state index in [4.69, 9.17) is 9.47 Å². The number of hydrogen-bond donors (Lipinski definition) is 0. The molecule has 0 fully saturated rings. The zero-order valence-corrected chi connectivity index (χ0v) is 22.4. The van der Waals surface area contributed by atoms with Crippen molar-refractivity contribution in [3.8, 4) is 22.6 Å². The van der Waals surface area contributed by atoms with E-state index in [1.165, 1.54) is 88.2 Å². The van der Waals surface area contributed by atoms with Gasteiger partial charge in [0.1, 0.15) is 11.5 Å². The van der Waals surface area contributed by atoms with Crippen molar-refractivity contribution in [3.63, 3.8) is 0 Å². The molecule has 0 saturated carbocycles. The van der Waals surface area contributed by atoms with Crippen LogP contribution in [0.3, 0.4) is 0 Å². The van der Waals surface area contributed by atoms with Crippen LogP contribution in [-0.2, 0) is 0 Å². The van der Waals surface area contributed by atoms with Crippen molar-refractivity contribution in [3.05, 3.63) is 48.5 Å². The van der Waals surface area contributed by atoms with Crippen molar-refractivity contribution in [1.82, 2.24) is 0 Å². The first-order chi connectivity index (χ1) is 16.3. The van der Waals surface area contributed by atoms with Crippen LogP contribution in [0.25, 0.3) is 11.1 Å². The summed E-state index contributed by atoms with van der Waals surface area (Å²) < 4.78 is 11.8. The molecule has 0 aliphatic rings. The fraction of sp³-hybridized carbons (Fsp3) is 0.600. The van der Waals surface area contributed by atoms with Gasteiger partial charge in [-0.2, -0.15) is 0 Å². The highest BCUT2D eigenvalue weighted by Crippen LogP contribution is 2.25. The average molecular weight is 518 g/mol. The van der Waals surface area contributed by atoms with E-state index < -0.39 is 0 Å². The molecule has 0 heterocycles. The maximum atomic E-state index is 5.94. The second-order valence-electron chi connectivity index (χ2n) is 9.03. The lowest BCUT2D eigenvalue weighted by atomic mass is 10.1. The Labute approximate surface area is 211 Å². The Kier molecular flexibility index (Phi) is 15.9. The minimum atomic E-state index is 0.813. The zero-order valence-electron chi connectivity index (χ0n) is 20.8. The topological polar surface area (TPSA) is 18.5 Å². The summed E-state index contributed by atoms with van der Waals surface area (Å²) in [6.45, 7) is 3.88. The molecular weight excluding hydrogens is 472 g/mol. The number of alkyl halides is 1. The molecule has 2 rings (SSSR count). The van der Waals surface area contributed by atoms with Gasteiger partial charge in [-0.25, -0.2) is 0 Å². The fourth-order valence-corrected chi connectivity index (χ4v) is 4.40. The van der Waals surface area contributed by atoms with Crippen LogP contribution in [0, 0.1) is 0 Å². The molecule has 33 heavy (non-hydrogen) atoms. The Morgan fingerprint density at radius 1 is 0.485 bits per heavy atom. The molecule has 0 aliphatic carbocycles. The first kappa shape index (κ1) is 27.8. The molecule has 2 aromatic carbocycles. The number of benzene rings is 2. The van der Waals surface area contributed by atoms with Crippen molar-refractivity contribution in [2.75, 3.05) is 18.5 Å². The maximum Gasteiger partial charge on any atom is 0.119 e. The number of ether oxygens (including phenoxy) is 2. The second kappa shape index (κ2) is 18.9. The van der Waals surface area contributed by atoms with Crippen LogP contribution in [0.5, 0.6) is 11.5 Å². The van der Waals surface area contributed by atoms with Gasteiger partial charge < -0.3 is 9.47 Å². The van der Waals surface area contributed by atoms with Crippen LogP contribution in [0.4, 0.5) is 0 Å². The summed E-state index contributed by atoms with van der Waals surface area (Å²) in [6, 6.07) is 16.9. The highest BCUT2D eigenvalue weighted by Gasteiger charge is 2.01. The molecule has 0 bridgehead atoms. The molecule has 184 valence electrons. The van der Waals surface area contributed by atoms with Crippen LogP contribution in [-0.4, -0.2) is 18.5 Å². The molecular formula is C30H45BrO2. The molecule has 0 spiro atoms. The molecule has 0 radical (unpaired) electrons. The third kappa shape index (κ3) is 13.1. The second-order valence-corrected chi connectivity index (χ2v) is 9.82. The lowest BCUT2D eigenvalue weighted by Crippen LogP contribution is -1.97. The SMILES string of the molecule is CCCCCCCCOc1ccc(-c2ccc(OCCCCCCCCCCBr)cc2)cc1. The molecule has 2 nitrogen and oxygen atoms in total. The Morgan fingerprint density at radius 2 is 0.848 bits per heavy atom. The predicted molar refractivity (Wildman–Crippen MR) is 147 cm³/mol. The van der Waals surface area contributed by atoms with Gasteiger partial charge in [0, 0.05) is 5.33 Å². The minimum absolute atomic E-state index is 0.813. The lowest BCUT2D eigenvalue weighted by molar-refractivity contribution is 0.304. The van der Waals surface area contributed by atoms with Gasteiger partial charge in [0.2, 0.25) is 0 Å². The Hall–Kier alpha value is -1.48. The van der Waals surface area contributed by atoms with E-state index in [9.17, 15) is 0 Å². The summed E-state index contributed by atoms with van der Waals surface area (Å²) in [5, 5.41) is 1.14. The molecule has 0 saturated heterocycles. The first-order valence-electron chi connectivity index (χ1n) is 13.4. The molecule has 0 unspecified atom stereocenters. The molecule has 0 N–H and O–H groups in total. The van der Waals surface area contributed by atoms with Gasteiger partial charge in [-0.1, -0.05) is 118 Å². The number of hydrogen-bond acceptors (Lipinski definition) is 2. The zero-order chi connectivity index (χ0) is 23.4. The summed E-state index contributed by atoms with van der Waals surface area (Å²) >= 11 is 3.50. The maximum absolute atomic E-state index is 5.94. The van der Waals surface area contributed by atoms with Crippen LogP contribution in [0.15, 0.2) is 48.5 Å². The van der Waals surface area contributed by atoms with E-state index in [-0.39, 0.29) is 0 Å². The monoisotopic (exact) mass is 516 g/mol. The molecule has 0 aliphatic heterocycles. The predicted octanol–water partition coefficient (Wildman–Crippen LogP) is 9.99. The number of rotatable bonds is 20. The van der Waals surface area contributed by atoms with Gasteiger partial charge in [0.25, 0.3) is 0 Å². The molecule has 0 atom stereocenters. The quantitative estimate of drug-likeness (QED) is 0.129. The standard InChI is InChI=1S/C30H45BrO2/c1-2-3-4-5-11-14-25-32-29-20-16-27(17-21-29)28-18-22-30(23-19-28)33-26-15-12-9-7-6-8-10-13-24-31/h16-23H,2-15,24-26H2,1H3. The summed E-state index contributed by atoms with van der Waals surface area (Å²) in [6.07, 6.45) is 18.3. The summed E-state index contributed by atoms with van der Waals surface area (Å²) in [5.41, 5.74) is 2.43. The van der Waals surface area contributed by atoms with Crippen molar-refractivity contribution in [2.45, 2.75) is 96.8 Å². The number of halogens is 1. The van der Waals surface area contributed by atoms with Crippen LogP contribution >= 0.6 is 15.9 Å². The van der Waals surface area contributed by atoms with Crippen molar-refractivity contribution in [2.24, 2.45) is 0 Å². The van der Waals surface area contributed by atoms with Crippen molar-refractivity contribution in [1.29, 1.82) is 0 Å². The van der Waals surface area contributed by atoms with Crippen molar-refractivity contribution < 1.29 is 9.47 Å². The average Bonchev–Trinajstić information content (AvgIpc) is 2.85. The number of unbranched alkanes of at least 4 members (excludes halogenated alkanes) is 12. The Bertz CT molecular complexity index is 696. The smallest absolute Gasteiger partial charge is 0.119 e. The van der Waals surface area contributed by atoms with Gasteiger partial charge in [-0.05, 0) is 54.7 Å². The van der Waals surface area contributed by atoms with E-state index in [1.807, 2.05) is 0 Å². The highest BCUT2D eigenvalue weighted by atomic mass is 79.9. The van der Waals surface area contributed by atoms with E-state index >= 15 is 0 Å². The molecule has 3 heteroatoms. The Balaban J connectivity index is 1.58. The highest BCUT2D eigenvalue weighted by molar-refractivity contribution is 9.09. The summed E-state index contributed by atoms with van der Waals surface area (Å²) in [7, 11) is 0. The van der Waals surface area contributed by atoms with E-state index in [1.54, 1.807) is 0 Å². The Morgan fingerprint density at radius 3 is 1.24 bits per heavy atom. The van der Waals surface area contributed by atoms with Gasteiger partial charge in [-0.3, -0.25) is 0 Å². The fourth-order valence-electron chi connectivity index (χ4n) is 4.01. The molecule has 2 aromatic rings. The summed E-state index contributed by atoms with van der Waals surface area (Å²) in [5.74, 6) is 1.93. The minimum Gasteiger partial charge on any atom is -0.494 e. The van der Waals surface area contributed by atoms with Crippen LogP contribution in [0.1, 0.15) is 96.8 Å². The van der Waals surface area contributed by atoms with Gasteiger partial charge in [0.15, 0.2) is 0 Å².